The third-order valence-electron chi connectivity index (χ3n) is 7.36. The van der Waals surface area contributed by atoms with Gasteiger partial charge < -0.3 is 9.80 Å². The number of carbonyl (C=O) groups is 1. The monoisotopic (exact) mass is 541 g/mol. The molecule has 0 aliphatic carbocycles. The first kappa shape index (κ1) is 27.6. The largest absolute Gasteiger partial charge is 0.368 e. The number of nitrogens with zero attached hydrogens (tertiary/aromatic N) is 9. The van der Waals surface area contributed by atoms with E-state index in [0.29, 0.717) is 5.69 Å². The number of hydrogen-bond acceptors (Lipinski definition) is 8. The summed E-state index contributed by atoms with van der Waals surface area (Å²) in [5.41, 5.74) is 6.46. The lowest BCUT2D eigenvalue weighted by Crippen LogP contribution is -2.44. The Morgan fingerprint density at radius 1 is 1.02 bits per heavy atom. The Bertz CT molecular complexity index is 1500. The van der Waals surface area contributed by atoms with Gasteiger partial charge in [0.25, 0.3) is 0 Å². The molecule has 10 nitrogen and oxygen atoms in total. The standard InChI is InChI=1S/C30H39N9O/c1-20(2)27-15-25(34-39(27)30(4,5)6)29(40)13-22-12-28(21(3)32-16-22)38-19-26(33-35-38)23-14-24(18-31-17-23)37-10-8-36(7)9-11-37/h12,14-20H,8-11,13H2,1-7H3. The summed E-state index contributed by atoms with van der Waals surface area (Å²) in [5, 5.41) is 13.5. The van der Waals surface area contributed by atoms with Crippen LogP contribution in [0.1, 0.15) is 68.0 Å². The van der Waals surface area contributed by atoms with Gasteiger partial charge in [0, 0.05) is 56.3 Å². The first-order chi connectivity index (χ1) is 19.0. The smallest absolute Gasteiger partial charge is 0.187 e. The number of ketones is 1. The van der Waals surface area contributed by atoms with Crippen LogP contribution >= 0.6 is 0 Å². The molecule has 0 bridgehead atoms. The maximum absolute atomic E-state index is 13.3. The van der Waals surface area contributed by atoms with Crippen LogP contribution in [0.15, 0.2) is 43.0 Å². The van der Waals surface area contributed by atoms with Gasteiger partial charge in [0.1, 0.15) is 11.4 Å². The van der Waals surface area contributed by atoms with Crippen molar-refractivity contribution in [3.63, 3.8) is 0 Å². The molecule has 5 rings (SSSR count). The number of carbonyl (C=O) groups excluding carboxylic acids is 1. The molecule has 0 N–H and O–H groups in total. The Kier molecular flexibility index (Phi) is 7.55. The van der Waals surface area contributed by atoms with Crippen molar-refractivity contribution >= 4 is 11.5 Å². The van der Waals surface area contributed by atoms with Gasteiger partial charge in [-0.05, 0) is 64.4 Å². The summed E-state index contributed by atoms with van der Waals surface area (Å²) in [6.07, 6.45) is 7.57. The molecule has 0 radical (unpaired) electrons. The van der Waals surface area contributed by atoms with Gasteiger partial charge in [-0.3, -0.25) is 19.4 Å². The number of hydrogen-bond donors (Lipinski definition) is 0. The van der Waals surface area contributed by atoms with Crippen molar-refractivity contribution in [2.75, 3.05) is 38.1 Å². The van der Waals surface area contributed by atoms with Crippen LogP contribution in [-0.2, 0) is 12.0 Å². The SMILES string of the molecule is Cc1ncc(CC(=O)c2cc(C(C)C)n(C(C)(C)C)n2)cc1-n1cc(-c2cncc(N3CCN(C)CC3)c2)nn1. The van der Waals surface area contributed by atoms with Crippen LogP contribution in [0.4, 0.5) is 5.69 Å². The van der Waals surface area contributed by atoms with Crippen molar-refractivity contribution in [3.8, 4) is 16.9 Å². The van der Waals surface area contributed by atoms with Gasteiger partial charge in [0.2, 0.25) is 0 Å². The van der Waals surface area contributed by atoms with E-state index in [-0.39, 0.29) is 23.7 Å². The normalized spacial score (nSPS) is 14.8. The molecule has 4 aromatic rings. The second kappa shape index (κ2) is 10.9. The molecule has 1 fully saturated rings. The maximum atomic E-state index is 13.3. The van der Waals surface area contributed by atoms with Gasteiger partial charge in [-0.1, -0.05) is 19.1 Å². The Morgan fingerprint density at radius 3 is 2.45 bits per heavy atom. The van der Waals surface area contributed by atoms with E-state index in [2.05, 4.69) is 82.9 Å². The minimum Gasteiger partial charge on any atom is -0.368 e. The van der Waals surface area contributed by atoms with Crippen LogP contribution in [0.2, 0.25) is 0 Å². The van der Waals surface area contributed by atoms with Crippen molar-refractivity contribution in [1.82, 2.24) is 39.6 Å². The minimum atomic E-state index is -0.207. The molecule has 0 amide bonds. The molecule has 4 aromatic heterocycles. The zero-order valence-electron chi connectivity index (χ0n) is 24.6. The molecular weight excluding hydrogens is 502 g/mol. The third kappa shape index (κ3) is 5.82. The summed E-state index contributed by atoms with van der Waals surface area (Å²) in [6, 6.07) is 6.01. The second-order valence-corrected chi connectivity index (χ2v) is 12.0. The summed E-state index contributed by atoms with van der Waals surface area (Å²) in [4.78, 5) is 27.0. The predicted molar refractivity (Wildman–Crippen MR) is 156 cm³/mol. The van der Waals surface area contributed by atoms with Gasteiger partial charge in [0.05, 0.1) is 35.0 Å². The first-order valence-electron chi connectivity index (χ1n) is 13.9. The first-order valence-corrected chi connectivity index (χ1v) is 13.9. The Labute approximate surface area is 236 Å². The number of piperazine rings is 1. The molecule has 1 aliphatic heterocycles. The zero-order chi connectivity index (χ0) is 28.6. The third-order valence-corrected chi connectivity index (χ3v) is 7.36. The molecule has 5 heterocycles. The number of Topliss-reactive ketones (excluding diaryl/α,β-unsaturated/α-hetero) is 1. The average Bonchev–Trinajstić information content (AvgIpc) is 3.59. The van der Waals surface area contributed by atoms with Crippen molar-refractivity contribution in [1.29, 1.82) is 0 Å². The Hall–Kier alpha value is -3.92. The number of rotatable bonds is 7. The van der Waals surface area contributed by atoms with Gasteiger partial charge >= 0.3 is 0 Å². The maximum Gasteiger partial charge on any atom is 0.187 e. The lowest BCUT2D eigenvalue weighted by Gasteiger charge is -2.33. The molecular formula is C30H39N9O. The van der Waals surface area contributed by atoms with E-state index in [1.54, 1.807) is 10.9 Å². The lowest BCUT2D eigenvalue weighted by atomic mass is 10.0. The van der Waals surface area contributed by atoms with Gasteiger partial charge in [-0.25, -0.2) is 4.68 Å². The highest BCUT2D eigenvalue weighted by Crippen LogP contribution is 2.26. The molecule has 1 saturated heterocycles. The van der Waals surface area contributed by atoms with Crippen LogP contribution in [0, 0.1) is 6.92 Å². The second-order valence-electron chi connectivity index (χ2n) is 12.0. The highest BCUT2D eigenvalue weighted by atomic mass is 16.1. The van der Waals surface area contributed by atoms with Crippen molar-refractivity contribution in [2.45, 2.75) is 59.4 Å². The van der Waals surface area contributed by atoms with Crippen LogP contribution in [0.25, 0.3) is 16.9 Å². The summed E-state index contributed by atoms with van der Waals surface area (Å²) < 4.78 is 3.69. The van der Waals surface area contributed by atoms with E-state index in [1.165, 1.54) is 0 Å². The number of likely N-dealkylation sites (N-methyl/N-ethyl adjacent to an activating group) is 1. The van der Waals surface area contributed by atoms with Crippen molar-refractivity contribution < 1.29 is 4.79 Å². The van der Waals surface area contributed by atoms with Crippen molar-refractivity contribution in [2.24, 2.45) is 0 Å². The predicted octanol–water partition coefficient (Wildman–Crippen LogP) is 4.28. The van der Waals surface area contributed by atoms with E-state index in [0.717, 1.165) is 65.8 Å². The molecule has 0 saturated carbocycles. The van der Waals surface area contributed by atoms with E-state index in [4.69, 9.17) is 0 Å². The highest BCUT2D eigenvalue weighted by molar-refractivity contribution is 5.96. The summed E-state index contributed by atoms with van der Waals surface area (Å²) in [5.74, 6) is 0.229. The van der Waals surface area contributed by atoms with E-state index in [9.17, 15) is 4.79 Å². The summed E-state index contributed by atoms with van der Waals surface area (Å²) in [6.45, 7) is 16.5. The molecule has 0 spiro atoms. The molecule has 0 atom stereocenters. The number of aryl methyl sites for hydroxylation is 1. The fourth-order valence-electron chi connectivity index (χ4n) is 4.97. The molecule has 0 unspecified atom stereocenters. The number of pyridine rings is 2. The number of anilines is 1. The van der Waals surface area contributed by atoms with Crippen molar-refractivity contribution in [3.05, 3.63) is 65.6 Å². The van der Waals surface area contributed by atoms with Crippen LogP contribution < -0.4 is 4.90 Å². The number of aromatic nitrogens is 7. The van der Waals surface area contributed by atoms with Gasteiger partial charge in [0.15, 0.2) is 5.78 Å². The molecule has 1 aliphatic rings. The molecule has 40 heavy (non-hydrogen) atoms. The van der Waals surface area contributed by atoms with Gasteiger partial charge in [-0.15, -0.1) is 5.10 Å². The summed E-state index contributed by atoms with van der Waals surface area (Å²) >= 11 is 0. The molecule has 10 heteroatoms. The van der Waals surface area contributed by atoms with E-state index >= 15 is 0 Å². The zero-order valence-corrected chi connectivity index (χ0v) is 24.6. The summed E-state index contributed by atoms with van der Waals surface area (Å²) in [7, 11) is 2.15. The Morgan fingerprint density at radius 2 is 1.77 bits per heavy atom. The lowest BCUT2D eigenvalue weighted by molar-refractivity contribution is 0.0986. The van der Waals surface area contributed by atoms with Crippen LogP contribution in [0.5, 0.6) is 0 Å². The minimum absolute atomic E-state index is 0.0346. The molecule has 210 valence electrons. The topological polar surface area (TPSA) is 97.9 Å². The fourth-order valence-corrected chi connectivity index (χ4v) is 4.97. The fraction of sp³-hybridized carbons (Fsp3) is 0.467. The van der Waals surface area contributed by atoms with E-state index < -0.39 is 0 Å². The highest BCUT2D eigenvalue weighted by Gasteiger charge is 2.24. The van der Waals surface area contributed by atoms with Crippen LogP contribution in [-0.4, -0.2) is 78.7 Å². The average molecular weight is 542 g/mol. The van der Waals surface area contributed by atoms with Crippen LogP contribution in [0.3, 0.4) is 0 Å². The Balaban J connectivity index is 1.36. The van der Waals surface area contributed by atoms with Gasteiger partial charge in [-0.2, -0.15) is 5.10 Å². The van der Waals surface area contributed by atoms with E-state index in [1.807, 2.05) is 42.3 Å². The quantitative estimate of drug-likeness (QED) is 0.320. The molecule has 0 aromatic carbocycles.